The first-order valence-corrected chi connectivity index (χ1v) is 7.17. The number of aryl methyl sites for hydroxylation is 1. The topological polar surface area (TPSA) is 85.8 Å². The Morgan fingerprint density at radius 2 is 2.32 bits per heavy atom. The Balaban J connectivity index is 1.68. The third kappa shape index (κ3) is 2.36. The molecule has 1 aliphatic carbocycles. The molecule has 2 aliphatic rings. The van der Waals surface area contributed by atoms with Crippen LogP contribution in [0.1, 0.15) is 44.0 Å². The third-order valence-corrected chi connectivity index (χ3v) is 4.43. The fourth-order valence-electron chi connectivity index (χ4n) is 3.37. The van der Waals surface area contributed by atoms with Gasteiger partial charge in [-0.15, -0.1) is 0 Å². The molecule has 3 rings (SSSR count). The van der Waals surface area contributed by atoms with Gasteiger partial charge in [0.2, 0.25) is 5.91 Å². The van der Waals surface area contributed by atoms with Gasteiger partial charge in [0.05, 0.1) is 6.04 Å². The van der Waals surface area contributed by atoms with Crippen molar-refractivity contribution in [3.8, 4) is 0 Å². The van der Waals surface area contributed by atoms with Crippen molar-refractivity contribution in [2.45, 2.75) is 44.7 Å². The van der Waals surface area contributed by atoms with Crippen LogP contribution >= 0.6 is 0 Å². The van der Waals surface area contributed by atoms with Gasteiger partial charge in [-0.2, -0.15) is 5.10 Å². The van der Waals surface area contributed by atoms with Crippen LogP contribution in [0.2, 0.25) is 0 Å². The Morgan fingerprint density at radius 3 is 3.16 bits per heavy atom. The summed E-state index contributed by atoms with van der Waals surface area (Å²) >= 11 is 0. The quantitative estimate of drug-likeness (QED) is 0.836. The number of nitrogens with zero attached hydrogens (tertiary/aromatic N) is 3. The van der Waals surface area contributed by atoms with Crippen molar-refractivity contribution in [2.24, 2.45) is 17.6 Å². The van der Waals surface area contributed by atoms with Gasteiger partial charge >= 0.3 is 0 Å². The van der Waals surface area contributed by atoms with Crippen LogP contribution in [0.5, 0.6) is 0 Å². The van der Waals surface area contributed by atoms with Crippen LogP contribution < -0.4 is 11.1 Å². The Bertz CT molecular complexity index is 458. The van der Waals surface area contributed by atoms with Crippen molar-refractivity contribution >= 4 is 5.91 Å². The van der Waals surface area contributed by atoms with Crippen LogP contribution in [0.3, 0.4) is 0 Å². The number of aromatic nitrogens is 3. The van der Waals surface area contributed by atoms with Gasteiger partial charge in [-0.3, -0.25) is 4.79 Å². The summed E-state index contributed by atoms with van der Waals surface area (Å²) in [5.41, 5.74) is 5.75. The smallest absolute Gasteiger partial charge is 0.224 e. The molecule has 0 saturated heterocycles. The first-order chi connectivity index (χ1) is 9.29. The molecule has 104 valence electrons. The first-order valence-electron chi connectivity index (χ1n) is 7.17. The van der Waals surface area contributed by atoms with E-state index in [0.29, 0.717) is 12.5 Å². The SMILES string of the molecule is NC[C@H]1CCC[C@H]1C(=O)NC1CCCn2ncnc21. The molecule has 3 N–H and O–H groups in total. The molecule has 1 aromatic rings. The molecule has 1 unspecified atom stereocenters. The summed E-state index contributed by atoms with van der Waals surface area (Å²) in [7, 11) is 0. The van der Waals surface area contributed by atoms with E-state index in [1.807, 2.05) is 4.68 Å². The Kier molecular flexibility index (Phi) is 3.50. The summed E-state index contributed by atoms with van der Waals surface area (Å²) < 4.78 is 1.89. The fourth-order valence-corrected chi connectivity index (χ4v) is 3.37. The minimum atomic E-state index is 0.0165. The van der Waals surface area contributed by atoms with Crippen LogP contribution in [0, 0.1) is 11.8 Å². The summed E-state index contributed by atoms with van der Waals surface area (Å²) in [4.78, 5) is 16.7. The number of nitrogens with two attached hydrogens (primary N) is 1. The number of fused-ring (bicyclic) bond motifs is 1. The Labute approximate surface area is 112 Å². The Hall–Kier alpha value is -1.43. The molecule has 0 bridgehead atoms. The van der Waals surface area contributed by atoms with E-state index in [9.17, 15) is 4.79 Å². The molecule has 1 amide bonds. The highest BCUT2D eigenvalue weighted by molar-refractivity contribution is 5.79. The molecule has 1 aromatic heterocycles. The summed E-state index contributed by atoms with van der Waals surface area (Å²) in [6, 6.07) is 0.0165. The third-order valence-electron chi connectivity index (χ3n) is 4.43. The molecule has 1 aliphatic heterocycles. The first kappa shape index (κ1) is 12.6. The lowest BCUT2D eigenvalue weighted by Crippen LogP contribution is -2.39. The lowest BCUT2D eigenvalue weighted by molar-refractivity contribution is -0.127. The van der Waals surface area contributed by atoms with E-state index in [1.165, 1.54) is 0 Å². The second-order valence-electron chi connectivity index (χ2n) is 5.58. The van der Waals surface area contributed by atoms with Crippen LogP contribution in [-0.4, -0.2) is 27.2 Å². The minimum absolute atomic E-state index is 0.0165. The molecular weight excluding hydrogens is 242 g/mol. The van der Waals surface area contributed by atoms with Gasteiger partial charge in [0, 0.05) is 12.5 Å². The van der Waals surface area contributed by atoms with Crippen LogP contribution in [-0.2, 0) is 11.3 Å². The summed E-state index contributed by atoms with van der Waals surface area (Å²) in [6.07, 6.45) is 6.71. The van der Waals surface area contributed by atoms with E-state index >= 15 is 0 Å². The van der Waals surface area contributed by atoms with E-state index in [1.54, 1.807) is 6.33 Å². The molecule has 6 heteroatoms. The highest BCUT2D eigenvalue weighted by Crippen LogP contribution is 2.32. The molecule has 0 radical (unpaired) electrons. The van der Waals surface area contributed by atoms with Gasteiger partial charge < -0.3 is 11.1 Å². The largest absolute Gasteiger partial charge is 0.346 e. The molecule has 1 saturated carbocycles. The minimum Gasteiger partial charge on any atom is -0.346 e. The molecule has 6 nitrogen and oxygen atoms in total. The van der Waals surface area contributed by atoms with E-state index < -0.39 is 0 Å². The number of hydrogen-bond acceptors (Lipinski definition) is 4. The predicted molar refractivity (Wildman–Crippen MR) is 70.0 cm³/mol. The van der Waals surface area contributed by atoms with E-state index in [2.05, 4.69) is 15.4 Å². The Morgan fingerprint density at radius 1 is 1.42 bits per heavy atom. The zero-order valence-corrected chi connectivity index (χ0v) is 11.1. The summed E-state index contributed by atoms with van der Waals surface area (Å²) in [5.74, 6) is 1.47. The molecule has 0 spiro atoms. The van der Waals surface area contributed by atoms with Crippen molar-refractivity contribution in [1.82, 2.24) is 20.1 Å². The highest BCUT2D eigenvalue weighted by Gasteiger charge is 2.34. The lowest BCUT2D eigenvalue weighted by atomic mass is 9.94. The highest BCUT2D eigenvalue weighted by atomic mass is 16.2. The van der Waals surface area contributed by atoms with Crippen LogP contribution in [0.15, 0.2) is 6.33 Å². The van der Waals surface area contributed by atoms with Gasteiger partial charge in [-0.1, -0.05) is 6.42 Å². The maximum atomic E-state index is 12.4. The second kappa shape index (κ2) is 5.28. The van der Waals surface area contributed by atoms with Crippen molar-refractivity contribution in [1.29, 1.82) is 0 Å². The normalized spacial score (nSPS) is 30.1. The van der Waals surface area contributed by atoms with Crippen molar-refractivity contribution in [3.05, 3.63) is 12.2 Å². The number of amides is 1. The van der Waals surface area contributed by atoms with E-state index in [4.69, 9.17) is 5.73 Å². The monoisotopic (exact) mass is 263 g/mol. The maximum absolute atomic E-state index is 12.4. The van der Waals surface area contributed by atoms with Gasteiger partial charge in [-0.25, -0.2) is 9.67 Å². The zero-order chi connectivity index (χ0) is 13.2. The van der Waals surface area contributed by atoms with Crippen molar-refractivity contribution < 1.29 is 4.79 Å². The van der Waals surface area contributed by atoms with Gasteiger partial charge in [0.15, 0.2) is 0 Å². The summed E-state index contributed by atoms with van der Waals surface area (Å²) in [5, 5.41) is 7.33. The molecule has 3 atom stereocenters. The van der Waals surface area contributed by atoms with Gasteiger partial charge in [-0.05, 0) is 38.1 Å². The average Bonchev–Trinajstić information content (AvgIpc) is 3.07. The van der Waals surface area contributed by atoms with Crippen LogP contribution in [0.25, 0.3) is 0 Å². The number of rotatable bonds is 3. The molecular formula is C13H21N5O. The fraction of sp³-hybridized carbons (Fsp3) is 0.769. The molecule has 19 heavy (non-hydrogen) atoms. The number of carbonyl (C=O) groups excluding carboxylic acids is 1. The zero-order valence-electron chi connectivity index (χ0n) is 11.1. The van der Waals surface area contributed by atoms with Crippen LogP contribution in [0.4, 0.5) is 0 Å². The maximum Gasteiger partial charge on any atom is 0.224 e. The predicted octanol–water partition coefficient (Wildman–Crippen LogP) is 0.604. The lowest BCUT2D eigenvalue weighted by Gasteiger charge is -2.26. The molecule has 2 heterocycles. The summed E-state index contributed by atoms with van der Waals surface area (Å²) in [6.45, 7) is 1.51. The second-order valence-corrected chi connectivity index (χ2v) is 5.58. The van der Waals surface area contributed by atoms with Crippen molar-refractivity contribution in [3.63, 3.8) is 0 Å². The number of nitrogens with one attached hydrogen (secondary N) is 1. The average molecular weight is 263 g/mol. The standard InChI is InChI=1S/C13H21N5O/c14-7-9-3-1-4-10(9)13(19)17-11-5-2-6-18-12(11)15-8-16-18/h8-11H,1-7,14H2,(H,17,19)/t9-,10-,11?/m1/s1. The van der Waals surface area contributed by atoms with Crippen molar-refractivity contribution in [2.75, 3.05) is 6.54 Å². The van der Waals surface area contributed by atoms with E-state index in [-0.39, 0.29) is 17.9 Å². The molecule has 0 aromatic carbocycles. The van der Waals surface area contributed by atoms with E-state index in [0.717, 1.165) is 44.5 Å². The molecule has 1 fully saturated rings. The number of carbonyl (C=O) groups is 1. The number of hydrogen-bond donors (Lipinski definition) is 2. The van der Waals surface area contributed by atoms with Gasteiger partial charge in [0.1, 0.15) is 12.2 Å². The van der Waals surface area contributed by atoms with Gasteiger partial charge in [0.25, 0.3) is 0 Å².